The summed E-state index contributed by atoms with van der Waals surface area (Å²) >= 11 is 3.59. The quantitative estimate of drug-likeness (QED) is 0.832. The third-order valence-electron chi connectivity index (χ3n) is 4.07. The SMILES string of the molecule is Brc1ccc(CNCCC2CCC2)c2ncccc12. The number of nitrogens with zero attached hydrogens (tertiary/aromatic N) is 1. The van der Waals surface area contributed by atoms with Crippen molar-refractivity contribution in [2.75, 3.05) is 6.54 Å². The van der Waals surface area contributed by atoms with Crippen LogP contribution in [0.4, 0.5) is 0 Å². The van der Waals surface area contributed by atoms with Gasteiger partial charge in [0.1, 0.15) is 0 Å². The van der Waals surface area contributed by atoms with Crippen LogP contribution >= 0.6 is 15.9 Å². The molecule has 19 heavy (non-hydrogen) atoms. The van der Waals surface area contributed by atoms with Crippen LogP contribution in [0.3, 0.4) is 0 Å². The molecule has 0 amide bonds. The lowest BCUT2D eigenvalue weighted by molar-refractivity contribution is 0.292. The van der Waals surface area contributed by atoms with Crippen LogP contribution in [-0.2, 0) is 6.54 Å². The van der Waals surface area contributed by atoms with Crippen LogP contribution in [0.2, 0.25) is 0 Å². The van der Waals surface area contributed by atoms with E-state index in [9.17, 15) is 0 Å². The molecule has 0 unspecified atom stereocenters. The number of pyridine rings is 1. The molecule has 0 aliphatic heterocycles. The monoisotopic (exact) mass is 318 g/mol. The minimum absolute atomic E-state index is 0.910. The van der Waals surface area contributed by atoms with E-state index in [-0.39, 0.29) is 0 Å². The summed E-state index contributed by atoms with van der Waals surface area (Å²) < 4.78 is 1.12. The predicted octanol–water partition coefficient (Wildman–Crippen LogP) is 4.28. The van der Waals surface area contributed by atoms with Gasteiger partial charge in [-0.25, -0.2) is 0 Å². The van der Waals surface area contributed by atoms with Crippen molar-refractivity contribution in [3.8, 4) is 0 Å². The van der Waals surface area contributed by atoms with Crippen molar-refractivity contribution < 1.29 is 0 Å². The number of hydrogen-bond acceptors (Lipinski definition) is 2. The molecule has 1 aromatic heterocycles. The minimum atomic E-state index is 0.910. The molecule has 0 spiro atoms. The molecule has 0 atom stereocenters. The molecule has 2 nitrogen and oxygen atoms in total. The molecule has 1 aliphatic rings. The molecule has 0 radical (unpaired) electrons. The first-order chi connectivity index (χ1) is 9.34. The molecule has 0 bridgehead atoms. The summed E-state index contributed by atoms with van der Waals surface area (Å²) in [5.74, 6) is 0.979. The van der Waals surface area contributed by atoms with E-state index in [1.165, 1.54) is 36.6 Å². The van der Waals surface area contributed by atoms with Gasteiger partial charge >= 0.3 is 0 Å². The average Bonchev–Trinajstić information content (AvgIpc) is 2.39. The summed E-state index contributed by atoms with van der Waals surface area (Å²) in [5, 5.41) is 4.75. The van der Waals surface area contributed by atoms with Crippen molar-refractivity contribution in [2.45, 2.75) is 32.2 Å². The fourth-order valence-corrected chi connectivity index (χ4v) is 3.10. The maximum atomic E-state index is 4.51. The Labute approximate surface area is 122 Å². The van der Waals surface area contributed by atoms with E-state index in [4.69, 9.17) is 0 Å². The standard InChI is InChI=1S/C16H19BrN2/c17-15-7-6-13(16-14(15)5-2-9-19-16)11-18-10-8-12-3-1-4-12/h2,5-7,9,12,18H,1,3-4,8,10-11H2. The maximum Gasteiger partial charge on any atom is 0.0758 e. The van der Waals surface area contributed by atoms with Crippen LogP contribution in [0.25, 0.3) is 10.9 Å². The molecule has 1 aromatic carbocycles. The molecule has 1 saturated carbocycles. The molecular formula is C16H19BrN2. The average molecular weight is 319 g/mol. The van der Waals surface area contributed by atoms with Crippen molar-refractivity contribution in [1.82, 2.24) is 10.3 Å². The summed E-state index contributed by atoms with van der Waals surface area (Å²) in [7, 11) is 0. The van der Waals surface area contributed by atoms with Crippen LogP contribution in [-0.4, -0.2) is 11.5 Å². The first-order valence-electron chi connectivity index (χ1n) is 7.07. The highest BCUT2D eigenvalue weighted by Gasteiger charge is 2.16. The Bertz CT molecular complexity index is 564. The number of rotatable bonds is 5. The second-order valence-electron chi connectivity index (χ2n) is 5.37. The minimum Gasteiger partial charge on any atom is -0.313 e. The number of fused-ring (bicyclic) bond motifs is 1. The Morgan fingerprint density at radius 3 is 2.95 bits per heavy atom. The van der Waals surface area contributed by atoms with Gasteiger partial charge in [0.15, 0.2) is 0 Å². The second-order valence-corrected chi connectivity index (χ2v) is 6.22. The van der Waals surface area contributed by atoms with Gasteiger partial charge < -0.3 is 5.32 Å². The van der Waals surface area contributed by atoms with E-state index in [0.717, 1.165) is 29.0 Å². The molecule has 1 fully saturated rings. The Morgan fingerprint density at radius 2 is 2.16 bits per heavy atom. The Hall–Kier alpha value is -0.930. The van der Waals surface area contributed by atoms with E-state index in [1.807, 2.05) is 12.3 Å². The molecular weight excluding hydrogens is 300 g/mol. The van der Waals surface area contributed by atoms with Gasteiger partial charge in [-0.1, -0.05) is 47.3 Å². The topological polar surface area (TPSA) is 24.9 Å². The number of aromatic nitrogens is 1. The van der Waals surface area contributed by atoms with E-state index < -0.39 is 0 Å². The highest BCUT2D eigenvalue weighted by atomic mass is 79.9. The van der Waals surface area contributed by atoms with Crippen LogP contribution in [0.15, 0.2) is 34.9 Å². The van der Waals surface area contributed by atoms with Crippen LogP contribution in [0.1, 0.15) is 31.2 Å². The molecule has 1 N–H and O–H groups in total. The summed E-state index contributed by atoms with van der Waals surface area (Å²) in [6.07, 6.45) is 7.50. The zero-order valence-corrected chi connectivity index (χ0v) is 12.6. The lowest BCUT2D eigenvalue weighted by atomic mass is 9.83. The molecule has 1 aliphatic carbocycles. The fraction of sp³-hybridized carbons (Fsp3) is 0.438. The maximum absolute atomic E-state index is 4.51. The highest BCUT2D eigenvalue weighted by molar-refractivity contribution is 9.10. The molecule has 1 heterocycles. The summed E-state index contributed by atoms with van der Waals surface area (Å²) in [6, 6.07) is 8.38. The van der Waals surface area contributed by atoms with Gasteiger partial charge in [-0.05, 0) is 36.6 Å². The Kier molecular flexibility index (Phi) is 4.14. The van der Waals surface area contributed by atoms with Gasteiger partial charge in [0.05, 0.1) is 5.52 Å². The molecule has 0 saturated heterocycles. The van der Waals surface area contributed by atoms with Crippen LogP contribution in [0, 0.1) is 5.92 Å². The van der Waals surface area contributed by atoms with Gasteiger partial charge in [0.2, 0.25) is 0 Å². The summed E-state index contributed by atoms with van der Waals surface area (Å²) in [4.78, 5) is 4.51. The van der Waals surface area contributed by atoms with Crippen LogP contribution in [0.5, 0.6) is 0 Å². The predicted molar refractivity (Wildman–Crippen MR) is 83.1 cm³/mol. The Balaban J connectivity index is 1.65. The summed E-state index contributed by atoms with van der Waals surface area (Å²) in [5.41, 5.74) is 2.39. The van der Waals surface area contributed by atoms with E-state index in [1.54, 1.807) is 0 Å². The van der Waals surface area contributed by atoms with Crippen molar-refractivity contribution >= 4 is 26.8 Å². The van der Waals surface area contributed by atoms with E-state index >= 15 is 0 Å². The van der Waals surface area contributed by atoms with Gasteiger partial charge in [-0.15, -0.1) is 0 Å². The Morgan fingerprint density at radius 1 is 1.26 bits per heavy atom. The smallest absolute Gasteiger partial charge is 0.0758 e. The van der Waals surface area contributed by atoms with Crippen molar-refractivity contribution in [3.63, 3.8) is 0 Å². The van der Waals surface area contributed by atoms with Gasteiger partial charge in [-0.3, -0.25) is 4.98 Å². The highest BCUT2D eigenvalue weighted by Crippen LogP contribution is 2.29. The lowest BCUT2D eigenvalue weighted by Crippen LogP contribution is -2.21. The molecule has 3 rings (SSSR count). The van der Waals surface area contributed by atoms with Crippen molar-refractivity contribution in [1.29, 1.82) is 0 Å². The van der Waals surface area contributed by atoms with E-state index in [2.05, 4.69) is 44.4 Å². The lowest BCUT2D eigenvalue weighted by Gasteiger charge is -2.25. The van der Waals surface area contributed by atoms with E-state index in [0.29, 0.717) is 0 Å². The molecule has 3 heteroatoms. The zero-order valence-electron chi connectivity index (χ0n) is 11.0. The summed E-state index contributed by atoms with van der Waals surface area (Å²) in [6.45, 7) is 2.03. The van der Waals surface area contributed by atoms with Crippen molar-refractivity contribution in [2.24, 2.45) is 5.92 Å². The number of hydrogen-bond donors (Lipinski definition) is 1. The number of benzene rings is 1. The third-order valence-corrected chi connectivity index (χ3v) is 4.76. The first kappa shape index (κ1) is 13.1. The largest absolute Gasteiger partial charge is 0.313 e. The molecule has 2 aromatic rings. The fourth-order valence-electron chi connectivity index (χ4n) is 2.65. The van der Waals surface area contributed by atoms with Gasteiger partial charge in [-0.2, -0.15) is 0 Å². The second kappa shape index (κ2) is 6.02. The van der Waals surface area contributed by atoms with Crippen LogP contribution < -0.4 is 5.32 Å². The van der Waals surface area contributed by atoms with Gasteiger partial charge in [0, 0.05) is 22.6 Å². The third kappa shape index (κ3) is 2.98. The molecule has 100 valence electrons. The normalized spacial score (nSPS) is 15.6. The number of halogens is 1. The first-order valence-corrected chi connectivity index (χ1v) is 7.87. The van der Waals surface area contributed by atoms with Crippen molar-refractivity contribution in [3.05, 3.63) is 40.5 Å². The van der Waals surface area contributed by atoms with Gasteiger partial charge in [0.25, 0.3) is 0 Å². The zero-order chi connectivity index (χ0) is 13.1. The number of nitrogens with one attached hydrogen (secondary N) is 1.